The van der Waals surface area contributed by atoms with Crippen molar-refractivity contribution in [2.45, 2.75) is 27.7 Å². The van der Waals surface area contributed by atoms with Crippen LogP contribution in [0.15, 0.2) is 0 Å². The second kappa shape index (κ2) is 8.89. The highest BCUT2D eigenvalue weighted by Crippen LogP contribution is 1.87. The topological polar surface area (TPSA) is 15.7 Å². The highest BCUT2D eigenvalue weighted by Gasteiger charge is 2.02. The Morgan fingerprint density at radius 1 is 0.769 bits per heavy atom. The van der Waals surface area contributed by atoms with Gasteiger partial charge >= 0.3 is 0 Å². The summed E-state index contributed by atoms with van der Waals surface area (Å²) >= 11 is 0. The SMILES string of the molecule is CCN(CC)[SiH2]O[SiH2]N(CC)CC. The molecule has 0 aliphatic carbocycles. The Bertz CT molecular complexity index is 96.3. The van der Waals surface area contributed by atoms with Crippen LogP contribution in [0.1, 0.15) is 27.7 Å². The summed E-state index contributed by atoms with van der Waals surface area (Å²) < 4.78 is 10.7. The van der Waals surface area contributed by atoms with Crippen LogP contribution < -0.4 is 0 Å². The van der Waals surface area contributed by atoms with E-state index in [0.717, 1.165) is 26.2 Å². The fourth-order valence-electron chi connectivity index (χ4n) is 1.11. The van der Waals surface area contributed by atoms with Crippen LogP contribution in [0.5, 0.6) is 0 Å². The van der Waals surface area contributed by atoms with Crippen LogP contribution in [0.4, 0.5) is 0 Å². The lowest BCUT2D eigenvalue weighted by molar-refractivity contribution is 0.386. The van der Waals surface area contributed by atoms with Gasteiger partial charge in [0, 0.05) is 0 Å². The van der Waals surface area contributed by atoms with Gasteiger partial charge in [-0.05, 0) is 26.2 Å². The molecule has 0 spiro atoms. The number of hydrogen-bond donors (Lipinski definition) is 0. The van der Waals surface area contributed by atoms with Crippen molar-refractivity contribution in [1.82, 2.24) is 9.13 Å². The first-order valence-electron chi connectivity index (χ1n) is 5.30. The third-order valence-corrected chi connectivity index (χ3v) is 6.32. The molecule has 0 heterocycles. The van der Waals surface area contributed by atoms with Gasteiger partial charge in [0.1, 0.15) is 0 Å². The van der Waals surface area contributed by atoms with E-state index in [4.69, 9.17) is 4.12 Å². The first-order chi connectivity index (χ1) is 6.28. The Hall–Kier alpha value is 0.314. The van der Waals surface area contributed by atoms with E-state index in [2.05, 4.69) is 36.8 Å². The molecule has 0 saturated heterocycles. The first kappa shape index (κ1) is 13.3. The van der Waals surface area contributed by atoms with Gasteiger partial charge in [-0.1, -0.05) is 27.7 Å². The van der Waals surface area contributed by atoms with E-state index in [0.29, 0.717) is 0 Å². The van der Waals surface area contributed by atoms with Crippen LogP contribution >= 0.6 is 0 Å². The summed E-state index contributed by atoms with van der Waals surface area (Å²) in [4.78, 5) is 0. The summed E-state index contributed by atoms with van der Waals surface area (Å²) in [7, 11) is -0.766. The predicted octanol–water partition coefficient (Wildman–Crippen LogP) is -0.316. The molecule has 0 bridgehead atoms. The Labute approximate surface area is 87.5 Å². The van der Waals surface area contributed by atoms with E-state index in [9.17, 15) is 0 Å². The molecule has 0 amide bonds. The van der Waals surface area contributed by atoms with Crippen molar-refractivity contribution in [3.05, 3.63) is 0 Å². The molecule has 0 fully saturated rings. The molecule has 0 aromatic rings. The van der Waals surface area contributed by atoms with E-state index >= 15 is 0 Å². The van der Waals surface area contributed by atoms with Crippen LogP contribution in [0.2, 0.25) is 0 Å². The van der Waals surface area contributed by atoms with Crippen molar-refractivity contribution >= 4 is 19.8 Å². The maximum Gasteiger partial charge on any atom is 0.227 e. The monoisotopic (exact) mass is 220 g/mol. The molecule has 0 unspecified atom stereocenters. The van der Waals surface area contributed by atoms with E-state index in [1.807, 2.05) is 0 Å². The number of hydrogen-bond acceptors (Lipinski definition) is 3. The fourth-order valence-corrected chi connectivity index (χ4v) is 4.23. The van der Waals surface area contributed by atoms with Gasteiger partial charge in [0.05, 0.1) is 0 Å². The third kappa shape index (κ3) is 6.39. The largest absolute Gasteiger partial charge is 0.441 e. The van der Waals surface area contributed by atoms with E-state index < -0.39 is 0 Å². The lowest BCUT2D eigenvalue weighted by Gasteiger charge is -2.21. The third-order valence-electron chi connectivity index (χ3n) is 2.34. The van der Waals surface area contributed by atoms with Crippen LogP contribution in [0, 0.1) is 0 Å². The summed E-state index contributed by atoms with van der Waals surface area (Å²) in [5.74, 6) is 0. The second-order valence-corrected chi connectivity index (χ2v) is 7.01. The van der Waals surface area contributed by atoms with Gasteiger partial charge in [-0.25, -0.2) is 0 Å². The van der Waals surface area contributed by atoms with E-state index in [1.54, 1.807) is 0 Å². The van der Waals surface area contributed by atoms with Crippen molar-refractivity contribution in [2.75, 3.05) is 26.2 Å². The number of rotatable bonds is 8. The molecule has 0 aromatic heterocycles. The van der Waals surface area contributed by atoms with Crippen molar-refractivity contribution in [3.63, 3.8) is 0 Å². The zero-order chi connectivity index (χ0) is 10.1. The van der Waals surface area contributed by atoms with Gasteiger partial charge in [-0.2, -0.15) is 0 Å². The Morgan fingerprint density at radius 3 is 1.31 bits per heavy atom. The summed E-state index contributed by atoms with van der Waals surface area (Å²) in [5.41, 5.74) is 0. The van der Waals surface area contributed by atoms with Crippen LogP contribution in [0.3, 0.4) is 0 Å². The first-order valence-corrected chi connectivity index (χ1v) is 7.72. The molecule has 13 heavy (non-hydrogen) atoms. The molecule has 5 heteroatoms. The highest BCUT2D eigenvalue weighted by molar-refractivity contribution is 6.39. The van der Waals surface area contributed by atoms with Gasteiger partial charge < -0.3 is 13.2 Å². The zero-order valence-corrected chi connectivity index (χ0v) is 12.4. The maximum absolute atomic E-state index is 5.85. The zero-order valence-electron chi connectivity index (χ0n) is 9.55. The van der Waals surface area contributed by atoms with Crippen molar-refractivity contribution in [3.8, 4) is 0 Å². The Balaban J connectivity index is 3.41. The molecule has 0 atom stereocenters. The average Bonchev–Trinajstić information content (AvgIpc) is 2.19. The highest BCUT2D eigenvalue weighted by atomic mass is 28.3. The fraction of sp³-hybridized carbons (Fsp3) is 1.00. The molecule has 0 rings (SSSR count). The van der Waals surface area contributed by atoms with Crippen molar-refractivity contribution < 1.29 is 4.12 Å². The van der Waals surface area contributed by atoms with Crippen LogP contribution in [0.25, 0.3) is 0 Å². The Morgan fingerprint density at radius 2 is 1.08 bits per heavy atom. The molecule has 0 aliphatic rings. The van der Waals surface area contributed by atoms with E-state index in [-0.39, 0.29) is 19.8 Å². The summed E-state index contributed by atoms with van der Waals surface area (Å²) in [6.07, 6.45) is 0. The smallest absolute Gasteiger partial charge is 0.227 e. The van der Waals surface area contributed by atoms with Gasteiger partial charge in [-0.3, -0.25) is 0 Å². The van der Waals surface area contributed by atoms with Gasteiger partial charge in [-0.15, -0.1) is 0 Å². The molecule has 80 valence electrons. The van der Waals surface area contributed by atoms with Crippen LogP contribution in [-0.4, -0.2) is 55.2 Å². The predicted molar refractivity (Wildman–Crippen MR) is 64.0 cm³/mol. The molecular weight excluding hydrogens is 196 g/mol. The lowest BCUT2D eigenvalue weighted by atomic mass is 10.7. The summed E-state index contributed by atoms with van der Waals surface area (Å²) in [6.45, 7) is 13.4. The van der Waals surface area contributed by atoms with Gasteiger partial charge in [0.25, 0.3) is 0 Å². The van der Waals surface area contributed by atoms with Crippen LogP contribution in [-0.2, 0) is 4.12 Å². The minimum atomic E-state index is -0.383. The van der Waals surface area contributed by atoms with Crippen molar-refractivity contribution in [2.24, 2.45) is 0 Å². The minimum absolute atomic E-state index is 0.383. The van der Waals surface area contributed by atoms with Crippen molar-refractivity contribution in [1.29, 1.82) is 0 Å². The minimum Gasteiger partial charge on any atom is -0.441 e. The summed E-state index contributed by atoms with van der Waals surface area (Å²) in [6, 6.07) is 0. The van der Waals surface area contributed by atoms with E-state index in [1.165, 1.54) is 0 Å². The molecule has 0 aromatic carbocycles. The molecule has 0 aliphatic heterocycles. The molecule has 0 radical (unpaired) electrons. The maximum atomic E-state index is 5.85. The normalized spacial score (nSPS) is 13.4. The van der Waals surface area contributed by atoms with Gasteiger partial charge in [0.2, 0.25) is 19.8 Å². The number of nitrogens with zero attached hydrogens (tertiary/aromatic N) is 2. The lowest BCUT2D eigenvalue weighted by Crippen LogP contribution is -2.36. The molecule has 0 saturated carbocycles. The summed E-state index contributed by atoms with van der Waals surface area (Å²) in [5, 5.41) is 0. The standard InChI is InChI=1S/C8H24N2OSi2/c1-5-9(6-2)12-11-13-10(7-3)8-4/h5-8,12-13H2,1-4H3. The quantitative estimate of drug-likeness (QED) is 0.522. The second-order valence-electron chi connectivity index (χ2n) is 3.07. The van der Waals surface area contributed by atoms with Gasteiger partial charge in [0.15, 0.2) is 0 Å². The molecule has 3 nitrogen and oxygen atoms in total. The molecular formula is C8H24N2OSi2. The molecule has 0 N–H and O–H groups in total. The average molecular weight is 220 g/mol. The Kier molecular flexibility index (Phi) is 9.11.